The Balaban J connectivity index is 1.75. The average Bonchev–Trinajstić information content (AvgIpc) is 2.93. The Morgan fingerprint density at radius 2 is 1.00 bits per heavy atom. The van der Waals surface area contributed by atoms with Crippen molar-refractivity contribution in [1.82, 2.24) is 0 Å². The Hall–Kier alpha value is -4.20. The van der Waals surface area contributed by atoms with Crippen LogP contribution in [-0.2, 0) is 6.61 Å². The number of benzene rings is 3. The summed E-state index contributed by atoms with van der Waals surface area (Å²) in [5, 5.41) is 0. The molecule has 0 aliphatic heterocycles. The Morgan fingerprint density at radius 1 is 0.583 bits per heavy atom. The SMILES string of the molecule is COc1cc(C(=O)CCC(=O)c2cc(OC)c(OCc3ccccc3)c(OC)c2)cc(OC)c1OC. The highest BCUT2D eigenvalue weighted by atomic mass is 16.5. The molecule has 0 saturated carbocycles. The lowest BCUT2D eigenvalue weighted by molar-refractivity contribution is 0.0916. The molecule has 0 amide bonds. The highest BCUT2D eigenvalue weighted by molar-refractivity contribution is 6.03. The summed E-state index contributed by atoms with van der Waals surface area (Å²) in [6.07, 6.45) is -0.0135. The maximum atomic E-state index is 13.0. The number of hydrogen-bond donors (Lipinski definition) is 0. The summed E-state index contributed by atoms with van der Waals surface area (Å²) >= 11 is 0. The van der Waals surface area contributed by atoms with Gasteiger partial charge in [-0.2, -0.15) is 0 Å². The molecule has 0 spiro atoms. The van der Waals surface area contributed by atoms with Crippen LogP contribution in [0.15, 0.2) is 54.6 Å². The van der Waals surface area contributed by atoms with Crippen molar-refractivity contribution in [1.29, 1.82) is 0 Å². The van der Waals surface area contributed by atoms with Crippen molar-refractivity contribution in [2.45, 2.75) is 19.4 Å². The number of carbonyl (C=O) groups is 2. The molecule has 0 aromatic heterocycles. The van der Waals surface area contributed by atoms with Gasteiger partial charge in [0.25, 0.3) is 0 Å². The van der Waals surface area contributed by atoms with Crippen molar-refractivity contribution >= 4 is 11.6 Å². The van der Waals surface area contributed by atoms with E-state index in [2.05, 4.69) is 0 Å². The highest BCUT2D eigenvalue weighted by Gasteiger charge is 2.21. The van der Waals surface area contributed by atoms with E-state index in [1.807, 2.05) is 30.3 Å². The standard InChI is InChI=1S/C28H30O8/c1-31-23-13-19(14-24(32-2)27(23)35-5)21(29)11-12-22(30)20-15-25(33-3)28(26(16-20)34-4)36-17-18-9-7-6-8-10-18/h6-10,13-16H,11-12,17H2,1-5H3. The van der Waals surface area contributed by atoms with Crippen molar-refractivity contribution in [3.63, 3.8) is 0 Å². The number of Topliss-reactive ketones (excluding diaryl/α,β-unsaturated/α-hetero) is 2. The second kappa shape index (κ2) is 12.5. The number of ether oxygens (including phenoxy) is 6. The van der Waals surface area contributed by atoms with Gasteiger partial charge in [0.15, 0.2) is 34.6 Å². The molecule has 0 atom stereocenters. The van der Waals surface area contributed by atoms with Crippen molar-refractivity contribution in [2.24, 2.45) is 0 Å². The summed E-state index contributed by atoms with van der Waals surface area (Å²) in [7, 11) is 7.42. The molecular formula is C28H30O8. The zero-order valence-corrected chi connectivity index (χ0v) is 21.1. The zero-order chi connectivity index (χ0) is 26.1. The van der Waals surface area contributed by atoms with Crippen molar-refractivity contribution in [3.05, 3.63) is 71.3 Å². The number of methoxy groups -OCH3 is 5. The molecule has 8 heteroatoms. The first-order valence-corrected chi connectivity index (χ1v) is 11.2. The molecule has 3 aromatic carbocycles. The highest BCUT2D eigenvalue weighted by Crippen LogP contribution is 2.40. The predicted octanol–water partition coefficient (Wildman–Crippen LogP) is 5.15. The number of hydrogen-bond acceptors (Lipinski definition) is 8. The van der Waals surface area contributed by atoms with E-state index in [-0.39, 0.29) is 24.4 Å². The van der Waals surface area contributed by atoms with Gasteiger partial charge in [0.1, 0.15) is 6.61 Å². The molecule has 0 aliphatic rings. The van der Waals surface area contributed by atoms with Crippen LogP contribution in [0, 0.1) is 0 Å². The second-order valence-electron chi connectivity index (χ2n) is 7.74. The Bertz CT molecular complexity index is 1150. The van der Waals surface area contributed by atoms with Crippen LogP contribution in [0.5, 0.6) is 34.5 Å². The van der Waals surface area contributed by atoms with Crippen LogP contribution in [0.2, 0.25) is 0 Å². The molecule has 0 bridgehead atoms. The van der Waals surface area contributed by atoms with Gasteiger partial charge in [-0.05, 0) is 29.8 Å². The fourth-order valence-corrected chi connectivity index (χ4v) is 3.67. The van der Waals surface area contributed by atoms with Crippen LogP contribution < -0.4 is 28.4 Å². The third-order valence-corrected chi connectivity index (χ3v) is 5.57. The largest absolute Gasteiger partial charge is 0.493 e. The molecule has 36 heavy (non-hydrogen) atoms. The summed E-state index contributed by atoms with van der Waals surface area (Å²) in [4.78, 5) is 25.8. The zero-order valence-electron chi connectivity index (χ0n) is 21.1. The summed E-state index contributed by atoms with van der Waals surface area (Å²) in [5.41, 5.74) is 1.69. The topological polar surface area (TPSA) is 89.5 Å². The van der Waals surface area contributed by atoms with Gasteiger partial charge in [0.2, 0.25) is 11.5 Å². The average molecular weight is 495 g/mol. The van der Waals surface area contributed by atoms with Gasteiger partial charge in [-0.1, -0.05) is 30.3 Å². The molecule has 0 heterocycles. The Labute approximate surface area is 210 Å². The quantitative estimate of drug-likeness (QED) is 0.301. The van der Waals surface area contributed by atoms with Crippen LogP contribution in [0.4, 0.5) is 0 Å². The minimum atomic E-state index is -0.234. The summed E-state index contributed by atoms with van der Waals surface area (Å²) in [5.74, 6) is 1.79. The van der Waals surface area contributed by atoms with Gasteiger partial charge in [0, 0.05) is 24.0 Å². The summed E-state index contributed by atoms with van der Waals surface area (Å²) in [6.45, 7) is 0.310. The van der Waals surface area contributed by atoms with Gasteiger partial charge >= 0.3 is 0 Å². The lowest BCUT2D eigenvalue weighted by Crippen LogP contribution is -2.08. The number of ketones is 2. The van der Waals surface area contributed by atoms with E-state index in [0.717, 1.165) is 5.56 Å². The second-order valence-corrected chi connectivity index (χ2v) is 7.74. The van der Waals surface area contributed by atoms with E-state index in [4.69, 9.17) is 28.4 Å². The molecule has 0 fully saturated rings. The fourth-order valence-electron chi connectivity index (χ4n) is 3.67. The maximum Gasteiger partial charge on any atom is 0.203 e. The monoisotopic (exact) mass is 494 g/mol. The van der Waals surface area contributed by atoms with Crippen LogP contribution in [0.25, 0.3) is 0 Å². The molecule has 3 rings (SSSR count). The van der Waals surface area contributed by atoms with E-state index in [1.54, 1.807) is 24.3 Å². The third-order valence-electron chi connectivity index (χ3n) is 5.57. The first-order valence-electron chi connectivity index (χ1n) is 11.2. The lowest BCUT2D eigenvalue weighted by atomic mass is 10.0. The van der Waals surface area contributed by atoms with Crippen molar-refractivity contribution in [2.75, 3.05) is 35.5 Å². The van der Waals surface area contributed by atoms with Gasteiger partial charge in [0.05, 0.1) is 35.5 Å². The smallest absolute Gasteiger partial charge is 0.203 e. The number of rotatable bonds is 13. The Morgan fingerprint density at radius 3 is 1.39 bits per heavy atom. The van der Waals surface area contributed by atoms with Crippen LogP contribution in [0.1, 0.15) is 39.1 Å². The van der Waals surface area contributed by atoms with Crippen LogP contribution >= 0.6 is 0 Å². The van der Waals surface area contributed by atoms with E-state index >= 15 is 0 Å². The first kappa shape index (κ1) is 26.4. The molecule has 0 aliphatic carbocycles. The van der Waals surface area contributed by atoms with E-state index in [1.165, 1.54) is 35.5 Å². The lowest BCUT2D eigenvalue weighted by Gasteiger charge is -2.16. The molecule has 0 unspecified atom stereocenters. The van der Waals surface area contributed by atoms with Crippen molar-refractivity contribution < 1.29 is 38.0 Å². The molecule has 0 N–H and O–H groups in total. The molecule has 3 aromatic rings. The van der Waals surface area contributed by atoms with Crippen molar-refractivity contribution in [3.8, 4) is 34.5 Å². The number of carbonyl (C=O) groups excluding carboxylic acids is 2. The summed E-state index contributed by atoms with van der Waals surface area (Å²) in [6, 6.07) is 16.0. The molecule has 190 valence electrons. The molecule has 8 nitrogen and oxygen atoms in total. The Kier molecular flexibility index (Phi) is 9.16. The third kappa shape index (κ3) is 6.07. The minimum Gasteiger partial charge on any atom is -0.493 e. The van der Waals surface area contributed by atoms with Gasteiger partial charge < -0.3 is 28.4 Å². The normalized spacial score (nSPS) is 10.4. The predicted molar refractivity (Wildman–Crippen MR) is 134 cm³/mol. The molecule has 0 saturated heterocycles. The van der Waals surface area contributed by atoms with Crippen LogP contribution in [0.3, 0.4) is 0 Å². The van der Waals surface area contributed by atoms with Gasteiger partial charge in [-0.25, -0.2) is 0 Å². The van der Waals surface area contributed by atoms with E-state index in [9.17, 15) is 9.59 Å². The summed E-state index contributed by atoms with van der Waals surface area (Å²) < 4.78 is 32.8. The minimum absolute atomic E-state index is 0.00559. The fraction of sp³-hybridized carbons (Fsp3) is 0.286. The van der Waals surface area contributed by atoms with Gasteiger partial charge in [-0.15, -0.1) is 0 Å². The van der Waals surface area contributed by atoms with Crippen LogP contribution in [-0.4, -0.2) is 47.1 Å². The maximum absolute atomic E-state index is 13.0. The van der Waals surface area contributed by atoms with E-state index < -0.39 is 0 Å². The first-order chi connectivity index (χ1) is 17.4. The molecule has 0 radical (unpaired) electrons. The van der Waals surface area contributed by atoms with Gasteiger partial charge in [-0.3, -0.25) is 9.59 Å². The molecular weight excluding hydrogens is 464 g/mol. The van der Waals surface area contributed by atoms with E-state index in [0.29, 0.717) is 52.2 Å².